The second-order valence-corrected chi connectivity index (χ2v) is 6.75. The molecule has 0 spiro atoms. The van der Waals surface area contributed by atoms with Gasteiger partial charge in [0.15, 0.2) is 0 Å². The molecular formula is C19H29NO. The minimum atomic E-state index is 0.659. The maximum Gasteiger partial charge on any atom is 0.0736 e. The van der Waals surface area contributed by atoms with E-state index in [4.69, 9.17) is 4.74 Å². The van der Waals surface area contributed by atoms with E-state index in [1.807, 2.05) is 0 Å². The number of para-hydroxylation sites is 1. The van der Waals surface area contributed by atoms with Crippen LogP contribution in [0.15, 0.2) is 24.3 Å². The number of benzene rings is 1. The minimum Gasteiger partial charge on any atom is -0.382 e. The number of fused-ring (bicyclic) bond motifs is 1. The monoisotopic (exact) mass is 287 g/mol. The molecule has 116 valence electrons. The van der Waals surface area contributed by atoms with Crippen LogP contribution in [0.3, 0.4) is 0 Å². The Balaban J connectivity index is 1.61. The van der Waals surface area contributed by atoms with Crippen molar-refractivity contribution >= 4 is 5.69 Å². The molecule has 0 radical (unpaired) electrons. The highest BCUT2D eigenvalue weighted by Crippen LogP contribution is 2.41. The lowest BCUT2D eigenvalue weighted by molar-refractivity contribution is 0.134. The first-order chi connectivity index (χ1) is 10.4. The number of ether oxygens (including phenoxy) is 1. The molecule has 2 saturated carbocycles. The van der Waals surface area contributed by atoms with Gasteiger partial charge in [0.2, 0.25) is 0 Å². The molecule has 0 saturated heterocycles. The van der Waals surface area contributed by atoms with Crippen LogP contribution in [-0.2, 0) is 11.3 Å². The van der Waals surface area contributed by atoms with E-state index in [9.17, 15) is 0 Å². The summed E-state index contributed by atoms with van der Waals surface area (Å²) in [6.07, 6.45) is 10.0. The Morgan fingerprint density at radius 2 is 1.86 bits per heavy atom. The van der Waals surface area contributed by atoms with Crippen LogP contribution < -0.4 is 5.32 Å². The van der Waals surface area contributed by atoms with Gasteiger partial charge in [0.1, 0.15) is 0 Å². The first-order valence-electron chi connectivity index (χ1n) is 8.79. The zero-order valence-corrected chi connectivity index (χ0v) is 13.3. The fourth-order valence-electron chi connectivity index (χ4n) is 4.22. The van der Waals surface area contributed by atoms with Gasteiger partial charge in [0.05, 0.1) is 6.61 Å². The molecule has 2 aliphatic rings. The number of hydrogen-bond donors (Lipinski definition) is 1. The topological polar surface area (TPSA) is 21.3 Å². The van der Waals surface area contributed by atoms with Gasteiger partial charge in [-0.05, 0) is 44.1 Å². The first kappa shape index (κ1) is 14.9. The maximum atomic E-state index is 5.60. The van der Waals surface area contributed by atoms with Gasteiger partial charge in [0.25, 0.3) is 0 Å². The average Bonchev–Trinajstić information content (AvgIpc) is 2.54. The van der Waals surface area contributed by atoms with Crippen LogP contribution >= 0.6 is 0 Å². The standard InChI is InChI=1S/C19H29NO/c1-2-21-14-17-9-5-6-10-19(17)20-18-12-11-15-7-3-4-8-16(15)13-18/h5-6,9-10,15-16,18,20H,2-4,7-8,11-14H2,1H3. The third kappa shape index (κ3) is 3.79. The molecule has 0 bridgehead atoms. The molecule has 0 aromatic heterocycles. The second-order valence-electron chi connectivity index (χ2n) is 6.75. The van der Waals surface area contributed by atoms with Gasteiger partial charge in [-0.1, -0.05) is 43.9 Å². The zero-order valence-electron chi connectivity index (χ0n) is 13.3. The zero-order chi connectivity index (χ0) is 14.5. The Kier molecular flexibility index (Phi) is 5.18. The number of nitrogens with one attached hydrogen (secondary N) is 1. The summed E-state index contributed by atoms with van der Waals surface area (Å²) in [7, 11) is 0. The normalized spacial score (nSPS) is 28.9. The fourth-order valence-corrected chi connectivity index (χ4v) is 4.22. The molecule has 21 heavy (non-hydrogen) atoms. The van der Waals surface area contributed by atoms with Crippen molar-refractivity contribution in [3.63, 3.8) is 0 Å². The van der Waals surface area contributed by atoms with Gasteiger partial charge in [0, 0.05) is 23.9 Å². The van der Waals surface area contributed by atoms with E-state index in [1.165, 1.54) is 56.2 Å². The molecule has 0 aliphatic heterocycles. The van der Waals surface area contributed by atoms with Crippen LogP contribution in [0.2, 0.25) is 0 Å². The quantitative estimate of drug-likeness (QED) is 0.823. The van der Waals surface area contributed by atoms with Crippen molar-refractivity contribution < 1.29 is 4.74 Å². The lowest BCUT2D eigenvalue weighted by atomic mass is 9.69. The second kappa shape index (κ2) is 7.31. The molecule has 3 unspecified atom stereocenters. The Bertz CT molecular complexity index is 445. The van der Waals surface area contributed by atoms with Gasteiger partial charge < -0.3 is 10.1 Å². The molecule has 3 rings (SSSR count). The molecule has 0 amide bonds. The van der Waals surface area contributed by atoms with Crippen LogP contribution in [-0.4, -0.2) is 12.6 Å². The van der Waals surface area contributed by atoms with Crippen molar-refractivity contribution in [3.05, 3.63) is 29.8 Å². The molecule has 1 N–H and O–H groups in total. The van der Waals surface area contributed by atoms with Crippen LogP contribution in [0, 0.1) is 11.8 Å². The van der Waals surface area contributed by atoms with Crippen LogP contribution in [0.25, 0.3) is 0 Å². The van der Waals surface area contributed by atoms with Crippen molar-refractivity contribution in [2.75, 3.05) is 11.9 Å². The van der Waals surface area contributed by atoms with Crippen molar-refractivity contribution in [1.82, 2.24) is 0 Å². The molecule has 1 aromatic carbocycles. The van der Waals surface area contributed by atoms with E-state index >= 15 is 0 Å². The lowest BCUT2D eigenvalue weighted by Crippen LogP contribution is -2.34. The summed E-state index contributed by atoms with van der Waals surface area (Å²) in [4.78, 5) is 0. The molecule has 2 nitrogen and oxygen atoms in total. The minimum absolute atomic E-state index is 0.659. The van der Waals surface area contributed by atoms with Crippen molar-refractivity contribution in [1.29, 1.82) is 0 Å². The third-order valence-electron chi connectivity index (χ3n) is 5.38. The highest BCUT2D eigenvalue weighted by molar-refractivity contribution is 5.51. The molecule has 2 fully saturated rings. The van der Waals surface area contributed by atoms with Gasteiger partial charge in [-0.15, -0.1) is 0 Å². The highest BCUT2D eigenvalue weighted by atomic mass is 16.5. The number of anilines is 1. The summed E-state index contributed by atoms with van der Waals surface area (Å²) in [6.45, 7) is 3.56. The van der Waals surface area contributed by atoms with Crippen molar-refractivity contribution in [3.8, 4) is 0 Å². The molecule has 2 aliphatic carbocycles. The Morgan fingerprint density at radius 1 is 1.05 bits per heavy atom. The van der Waals surface area contributed by atoms with Crippen LogP contribution in [0.5, 0.6) is 0 Å². The number of hydrogen-bond acceptors (Lipinski definition) is 2. The summed E-state index contributed by atoms with van der Waals surface area (Å²) in [5.74, 6) is 2.00. The van der Waals surface area contributed by atoms with E-state index in [2.05, 4.69) is 36.5 Å². The maximum absolute atomic E-state index is 5.60. The van der Waals surface area contributed by atoms with E-state index in [0.717, 1.165) is 25.0 Å². The largest absolute Gasteiger partial charge is 0.382 e. The Hall–Kier alpha value is -1.02. The van der Waals surface area contributed by atoms with Crippen molar-refractivity contribution in [2.24, 2.45) is 11.8 Å². The molecule has 2 heteroatoms. The predicted octanol–water partition coefficient (Wildman–Crippen LogP) is 4.99. The van der Waals surface area contributed by atoms with Crippen LogP contribution in [0.4, 0.5) is 5.69 Å². The smallest absolute Gasteiger partial charge is 0.0736 e. The van der Waals surface area contributed by atoms with Crippen molar-refractivity contribution in [2.45, 2.75) is 64.5 Å². The van der Waals surface area contributed by atoms with E-state index in [1.54, 1.807) is 0 Å². The van der Waals surface area contributed by atoms with Gasteiger partial charge in [-0.25, -0.2) is 0 Å². The third-order valence-corrected chi connectivity index (χ3v) is 5.38. The van der Waals surface area contributed by atoms with E-state index in [0.29, 0.717) is 6.04 Å². The fraction of sp³-hybridized carbons (Fsp3) is 0.684. The summed E-state index contributed by atoms with van der Waals surface area (Å²) in [5, 5.41) is 3.81. The summed E-state index contributed by atoms with van der Waals surface area (Å²) in [6, 6.07) is 9.29. The number of rotatable bonds is 5. The Morgan fingerprint density at radius 3 is 2.71 bits per heavy atom. The average molecular weight is 287 g/mol. The molecular weight excluding hydrogens is 258 g/mol. The molecule has 3 atom stereocenters. The van der Waals surface area contributed by atoms with Gasteiger partial charge >= 0.3 is 0 Å². The predicted molar refractivity (Wildman–Crippen MR) is 88.5 cm³/mol. The molecule has 1 aromatic rings. The van der Waals surface area contributed by atoms with E-state index < -0.39 is 0 Å². The highest BCUT2D eigenvalue weighted by Gasteiger charge is 2.32. The molecule has 0 heterocycles. The Labute approximate surface area is 129 Å². The van der Waals surface area contributed by atoms with Gasteiger partial charge in [-0.3, -0.25) is 0 Å². The van der Waals surface area contributed by atoms with E-state index in [-0.39, 0.29) is 0 Å². The first-order valence-corrected chi connectivity index (χ1v) is 8.79. The SMILES string of the molecule is CCOCc1ccccc1NC1CCC2CCCCC2C1. The van der Waals surface area contributed by atoms with Gasteiger partial charge in [-0.2, -0.15) is 0 Å². The summed E-state index contributed by atoms with van der Waals surface area (Å²) >= 11 is 0. The summed E-state index contributed by atoms with van der Waals surface area (Å²) in [5.41, 5.74) is 2.58. The van der Waals surface area contributed by atoms with Crippen LogP contribution in [0.1, 0.15) is 57.4 Å². The lowest BCUT2D eigenvalue weighted by Gasteiger charge is -2.40. The summed E-state index contributed by atoms with van der Waals surface area (Å²) < 4.78 is 5.60.